The molecule has 2 heterocycles. The van der Waals surface area contributed by atoms with E-state index in [2.05, 4.69) is 29.4 Å². The largest absolute Gasteiger partial charge is 0.342 e. The number of hydrogen-bond donors (Lipinski definition) is 0. The van der Waals surface area contributed by atoms with E-state index in [1.54, 1.807) is 6.20 Å². The van der Waals surface area contributed by atoms with Crippen molar-refractivity contribution in [2.45, 2.75) is 32.2 Å². The fraction of sp³-hybridized carbons (Fsp3) is 0.438. The zero-order chi connectivity index (χ0) is 14.7. The summed E-state index contributed by atoms with van der Waals surface area (Å²) in [5, 5.41) is 7.90. The number of carbonyl (C=O) groups is 1. The van der Waals surface area contributed by atoms with Gasteiger partial charge >= 0.3 is 0 Å². The Labute approximate surface area is 124 Å². The Kier molecular flexibility index (Phi) is 3.99. The maximum Gasteiger partial charge on any atom is 0.226 e. The van der Waals surface area contributed by atoms with Gasteiger partial charge in [-0.2, -0.15) is 0 Å². The van der Waals surface area contributed by atoms with Crippen molar-refractivity contribution >= 4 is 5.91 Å². The maximum absolute atomic E-state index is 12.4. The van der Waals surface area contributed by atoms with Crippen molar-refractivity contribution < 1.29 is 4.79 Å². The normalized spacial score (nSPS) is 16.1. The minimum Gasteiger partial charge on any atom is -0.342 e. The third-order valence-electron chi connectivity index (χ3n) is 4.07. The Morgan fingerprint density at radius 3 is 2.81 bits per heavy atom. The number of aromatic nitrogens is 3. The highest BCUT2D eigenvalue weighted by molar-refractivity contribution is 5.78. The van der Waals surface area contributed by atoms with Gasteiger partial charge in [0.25, 0.3) is 0 Å². The fourth-order valence-electron chi connectivity index (χ4n) is 2.90. The number of amides is 1. The molecule has 0 bridgehead atoms. The standard InChI is InChI=1S/C16H20N4O/c1-13-3-2-4-14(11-13)12-16(21)19-8-5-15(6-9-19)20-10-7-17-18-20/h2-4,7,10-11,15H,5-6,8-9,12H2,1H3. The minimum atomic E-state index is 0.220. The van der Waals surface area contributed by atoms with Crippen LogP contribution in [-0.4, -0.2) is 38.9 Å². The molecule has 0 saturated carbocycles. The molecule has 0 unspecified atom stereocenters. The molecule has 0 aliphatic carbocycles. The Balaban J connectivity index is 1.55. The van der Waals surface area contributed by atoms with Gasteiger partial charge < -0.3 is 4.90 Å². The van der Waals surface area contributed by atoms with Crippen LogP contribution in [0.2, 0.25) is 0 Å². The highest BCUT2D eigenvalue weighted by Crippen LogP contribution is 2.21. The number of carbonyl (C=O) groups excluding carboxylic acids is 1. The summed E-state index contributed by atoms with van der Waals surface area (Å²) in [4.78, 5) is 14.3. The van der Waals surface area contributed by atoms with Gasteiger partial charge in [0, 0.05) is 19.3 Å². The van der Waals surface area contributed by atoms with Gasteiger partial charge in [-0.3, -0.25) is 4.79 Å². The molecule has 5 heteroatoms. The van der Waals surface area contributed by atoms with E-state index in [0.29, 0.717) is 12.5 Å². The molecule has 1 aromatic carbocycles. The highest BCUT2D eigenvalue weighted by Gasteiger charge is 2.24. The zero-order valence-corrected chi connectivity index (χ0v) is 12.3. The molecule has 2 aromatic rings. The summed E-state index contributed by atoms with van der Waals surface area (Å²) < 4.78 is 1.91. The van der Waals surface area contributed by atoms with Gasteiger partial charge in [0.05, 0.1) is 18.7 Å². The van der Waals surface area contributed by atoms with Crippen molar-refractivity contribution in [2.75, 3.05) is 13.1 Å². The first-order chi connectivity index (χ1) is 10.2. The monoisotopic (exact) mass is 284 g/mol. The smallest absolute Gasteiger partial charge is 0.226 e. The Morgan fingerprint density at radius 1 is 1.33 bits per heavy atom. The second-order valence-corrected chi connectivity index (χ2v) is 5.66. The second-order valence-electron chi connectivity index (χ2n) is 5.66. The maximum atomic E-state index is 12.4. The second kappa shape index (κ2) is 6.08. The van der Waals surface area contributed by atoms with Crippen molar-refractivity contribution in [3.63, 3.8) is 0 Å². The molecule has 5 nitrogen and oxygen atoms in total. The lowest BCUT2D eigenvalue weighted by molar-refractivity contribution is -0.131. The van der Waals surface area contributed by atoms with Crippen LogP contribution in [-0.2, 0) is 11.2 Å². The summed E-state index contributed by atoms with van der Waals surface area (Å²) in [5.41, 5.74) is 2.29. The zero-order valence-electron chi connectivity index (χ0n) is 12.3. The molecular weight excluding hydrogens is 264 g/mol. The Hall–Kier alpha value is -2.17. The molecule has 0 radical (unpaired) electrons. The van der Waals surface area contributed by atoms with Gasteiger partial charge in [-0.1, -0.05) is 35.0 Å². The molecule has 1 amide bonds. The van der Waals surface area contributed by atoms with Crippen LogP contribution in [0.5, 0.6) is 0 Å². The van der Waals surface area contributed by atoms with E-state index in [0.717, 1.165) is 31.5 Å². The third kappa shape index (κ3) is 3.29. The Morgan fingerprint density at radius 2 is 2.14 bits per heavy atom. The van der Waals surface area contributed by atoms with Gasteiger partial charge in [0.15, 0.2) is 0 Å². The van der Waals surface area contributed by atoms with Crippen molar-refractivity contribution in [1.29, 1.82) is 0 Å². The number of benzene rings is 1. The molecule has 0 atom stereocenters. The van der Waals surface area contributed by atoms with Crippen LogP contribution in [0.25, 0.3) is 0 Å². The molecule has 3 rings (SSSR count). The average molecular weight is 284 g/mol. The van der Waals surface area contributed by atoms with Crippen molar-refractivity contribution in [3.05, 3.63) is 47.8 Å². The first kappa shape index (κ1) is 13.8. The minimum absolute atomic E-state index is 0.220. The van der Waals surface area contributed by atoms with Gasteiger partial charge in [-0.15, -0.1) is 5.10 Å². The van der Waals surface area contributed by atoms with Crippen LogP contribution in [0.3, 0.4) is 0 Å². The van der Waals surface area contributed by atoms with Crippen LogP contribution in [0.15, 0.2) is 36.7 Å². The van der Waals surface area contributed by atoms with Crippen LogP contribution in [0.1, 0.15) is 30.0 Å². The van der Waals surface area contributed by atoms with E-state index in [-0.39, 0.29) is 5.91 Å². The first-order valence-corrected chi connectivity index (χ1v) is 7.41. The van der Waals surface area contributed by atoms with Crippen molar-refractivity contribution in [1.82, 2.24) is 19.9 Å². The molecule has 1 aliphatic rings. The third-order valence-corrected chi connectivity index (χ3v) is 4.07. The summed E-state index contributed by atoms with van der Waals surface area (Å²) in [7, 11) is 0. The quantitative estimate of drug-likeness (QED) is 0.866. The highest BCUT2D eigenvalue weighted by atomic mass is 16.2. The summed E-state index contributed by atoms with van der Waals surface area (Å²) in [6.45, 7) is 3.65. The van der Waals surface area contributed by atoms with Gasteiger partial charge in [-0.05, 0) is 25.3 Å². The molecule has 110 valence electrons. The number of piperidine rings is 1. The lowest BCUT2D eigenvalue weighted by Crippen LogP contribution is -2.40. The predicted octanol–water partition coefficient (Wildman–Crippen LogP) is 1.99. The molecule has 1 aliphatic heterocycles. The molecule has 0 N–H and O–H groups in total. The molecule has 21 heavy (non-hydrogen) atoms. The van der Waals surface area contributed by atoms with Crippen molar-refractivity contribution in [2.24, 2.45) is 0 Å². The van der Waals surface area contributed by atoms with Gasteiger partial charge in [0.1, 0.15) is 0 Å². The lowest BCUT2D eigenvalue weighted by atomic mass is 10.0. The molecular formula is C16H20N4O. The van der Waals surface area contributed by atoms with E-state index in [9.17, 15) is 4.79 Å². The number of likely N-dealkylation sites (tertiary alicyclic amines) is 1. The van der Waals surface area contributed by atoms with E-state index in [4.69, 9.17) is 0 Å². The number of rotatable bonds is 3. The van der Waals surface area contributed by atoms with E-state index in [1.165, 1.54) is 5.56 Å². The van der Waals surface area contributed by atoms with Crippen LogP contribution in [0, 0.1) is 6.92 Å². The summed E-state index contributed by atoms with van der Waals surface area (Å²) in [6, 6.07) is 8.54. The molecule has 1 saturated heterocycles. The SMILES string of the molecule is Cc1cccc(CC(=O)N2CCC(n3ccnn3)CC2)c1. The summed E-state index contributed by atoms with van der Waals surface area (Å²) >= 11 is 0. The number of aryl methyl sites for hydroxylation is 1. The van der Waals surface area contributed by atoms with Gasteiger partial charge in [-0.25, -0.2) is 4.68 Å². The molecule has 0 spiro atoms. The molecule has 1 aromatic heterocycles. The van der Waals surface area contributed by atoms with Crippen molar-refractivity contribution in [3.8, 4) is 0 Å². The van der Waals surface area contributed by atoms with E-state index < -0.39 is 0 Å². The van der Waals surface area contributed by atoms with E-state index in [1.807, 2.05) is 27.9 Å². The average Bonchev–Trinajstić information content (AvgIpc) is 3.01. The fourth-order valence-corrected chi connectivity index (χ4v) is 2.90. The molecule has 1 fully saturated rings. The first-order valence-electron chi connectivity index (χ1n) is 7.41. The van der Waals surface area contributed by atoms with Gasteiger partial charge in [0.2, 0.25) is 5.91 Å². The van der Waals surface area contributed by atoms with Crippen LogP contribution < -0.4 is 0 Å². The van der Waals surface area contributed by atoms with E-state index >= 15 is 0 Å². The number of hydrogen-bond acceptors (Lipinski definition) is 3. The van der Waals surface area contributed by atoms with Crippen LogP contribution >= 0.6 is 0 Å². The topological polar surface area (TPSA) is 51.0 Å². The summed E-state index contributed by atoms with van der Waals surface area (Å²) in [5.74, 6) is 0.220. The van der Waals surface area contributed by atoms with Crippen LogP contribution in [0.4, 0.5) is 0 Å². The number of nitrogens with zero attached hydrogens (tertiary/aromatic N) is 4. The lowest BCUT2D eigenvalue weighted by Gasteiger charge is -2.32. The predicted molar refractivity (Wildman–Crippen MR) is 79.8 cm³/mol. The Bertz CT molecular complexity index is 600. The summed E-state index contributed by atoms with van der Waals surface area (Å²) in [6.07, 6.45) is 5.99.